The van der Waals surface area contributed by atoms with E-state index in [1.54, 1.807) is 58.0 Å². The van der Waals surface area contributed by atoms with E-state index in [1.807, 2.05) is 0 Å². The minimum Gasteiger partial charge on any atom is -0.466 e. The van der Waals surface area contributed by atoms with Crippen LogP contribution < -0.4 is 10.6 Å². The van der Waals surface area contributed by atoms with E-state index < -0.39 is 48.7 Å². The molecule has 0 heterocycles. The summed E-state index contributed by atoms with van der Waals surface area (Å²) in [7, 11) is 0. The summed E-state index contributed by atoms with van der Waals surface area (Å²) in [6, 6.07) is 7.48. The Kier molecular flexibility index (Phi) is 11.2. The molecule has 0 radical (unpaired) electrons. The van der Waals surface area contributed by atoms with Crippen molar-refractivity contribution in [1.82, 2.24) is 15.5 Å². The number of carbonyl (C=O) groups is 4. The van der Waals surface area contributed by atoms with Gasteiger partial charge in [-0.15, -0.1) is 0 Å². The molecule has 1 aromatic carbocycles. The molecule has 0 bridgehead atoms. The first-order valence-corrected chi connectivity index (χ1v) is 10.4. The van der Waals surface area contributed by atoms with E-state index in [0.717, 1.165) is 0 Å². The van der Waals surface area contributed by atoms with Crippen LogP contribution in [0.3, 0.4) is 0 Å². The average molecular weight is 452 g/mol. The minimum absolute atomic E-state index is 0.0186. The van der Waals surface area contributed by atoms with E-state index in [0.29, 0.717) is 5.56 Å². The van der Waals surface area contributed by atoms with Crippen molar-refractivity contribution in [2.75, 3.05) is 32.8 Å². The molecule has 0 aliphatic heterocycles. The lowest BCUT2D eigenvalue weighted by molar-refractivity contribution is -0.143. The minimum atomic E-state index is -1.07. The summed E-state index contributed by atoms with van der Waals surface area (Å²) in [6.07, 6.45) is -0.792. The number of nitrogens with zero attached hydrogens (tertiary/aromatic N) is 1. The van der Waals surface area contributed by atoms with Gasteiger partial charge in [-0.25, -0.2) is 4.79 Å². The molecule has 1 aromatic rings. The standard InChI is InChI=1S/C22H33N3O7/c1-5-31-18(28)11-12-23-20(29)19(16-9-7-6-8-10-16)25(13-14-26)17(27)15-24-21(30)32-22(2,3)4/h6-10,19,26H,5,11-15H2,1-4H3,(H,23,29)(H,24,30). The predicted molar refractivity (Wildman–Crippen MR) is 116 cm³/mol. The van der Waals surface area contributed by atoms with Crippen LogP contribution in [0.4, 0.5) is 4.79 Å². The van der Waals surface area contributed by atoms with Crippen LogP contribution in [-0.2, 0) is 23.9 Å². The monoisotopic (exact) mass is 451 g/mol. The highest BCUT2D eigenvalue weighted by atomic mass is 16.6. The smallest absolute Gasteiger partial charge is 0.408 e. The van der Waals surface area contributed by atoms with E-state index >= 15 is 0 Å². The number of amides is 3. The molecule has 0 aliphatic carbocycles. The SMILES string of the molecule is CCOC(=O)CCNC(=O)C(c1ccccc1)N(CCO)C(=O)CNC(=O)OC(C)(C)C. The van der Waals surface area contributed by atoms with Gasteiger partial charge in [0.15, 0.2) is 0 Å². The van der Waals surface area contributed by atoms with Crippen molar-refractivity contribution in [3.8, 4) is 0 Å². The highest BCUT2D eigenvalue weighted by Crippen LogP contribution is 2.21. The van der Waals surface area contributed by atoms with Gasteiger partial charge in [-0.3, -0.25) is 14.4 Å². The Balaban J connectivity index is 2.97. The van der Waals surface area contributed by atoms with Gasteiger partial charge in [-0.1, -0.05) is 30.3 Å². The van der Waals surface area contributed by atoms with Crippen molar-refractivity contribution in [3.05, 3.63) is 35.9 Å². The molecule has 0 aliphatic rings. The molecule has 0 aromatic heterocycles. The summed E-state index contributed by atoms with van der Waals surface area (Å²) >= 11 is 0. The number of benzene rings is 1. The van der Waals surface area contributed by atoms with Crippen LogP contribution in [0.25, 0.3) is 0 Å². The maximum Gasteiger partial charge on any atom is 0.408 e. The Bertz CT molecular complexity index is 763. The number of carbonyl (C=O) groups excluding carboxylic acids is 4. The third-order valence-electron chi connectivity index (χ3n) is 4.05. The molecule has 0 saturated heterocycles. The largest absolute Gasteiger partial charge is 0.466 e. The molecule has 0 saturated carbocycles. The highest BCUT2D eigenvalue weighted by Gasteiger charge is 2.31. The number of hydrogen-bond acceptors (Lipinski definition) is 7. The Morgan fingerprint density at radius 3 is 2.31 bits per heavy atom. The van der Waals surface area contributed by atoms with E-state index in [-0.39, 0.29) is 26.1 Å². The van der Waals surface area contributed by atoms with Crippen LogP contribution in [0.15, 0.2) is 30.3 Å². The second-order valence-corrected chi connectivity index (χ2v) is 7.83. The number of rotatable bonds is 11. The molecule has 0 fully saturated rings. The van der Waals surface area contributed by atoms with Crippen molar-refractivity contribution in [2.45, 2.75) is 45.8 Å². The Labute approximate surface area is 188 Å². The van der Waals surface area contributed by atoms with E-state index in [2.05, 4.69) is 10.6 Å². The molecule has 10 heteroatoms. The predicted octanol–water partition coefficient (Wildman–Crippen LogP) is 1.14. The van der Waals surface area contributed by atoms with Gasteiger partial charge < -0.3 is 30.1 Å². The molecular weight excluding hydrogens is 418 g/mol. The summed E-state index contributed by atoms with van der Waals surface area (Å²) in [5.41, 5.74) is -0.219. The number of hydrogen-bond donors (Lipinski definition) is 3. The maximum atomic E-state index is 13.0. The lowest BCUT2D eigenvalue weighted by Crippen LogP contribution is -2.49. The molecule has 1 unspecified atom stereocenters. The molecule has 0 spiro atoms. The molecule has 32 heavy (non-hydrogen) atoms. The molecule has 178 valence electrons. The maximum absolute atomic E-state index is 13.0. The summed E-state index contributed by atoms with van der Waals surface area (Å²) in [5.74, 6) is -1.56. The first-order valence-electron chi connectivity index (χ1n) is 10.4. The number of alkyl carbamates (subject to hydrolysis) is 1. The Morgan fingerprint density at radius 1 is 1.09 bits per heavy atom. The molecule has 1 rings (SSSR count). The third-order valence-corrected chi connectivity index (χ3v) is 4.05. The Hall–Kier alpha value is -3.14. The Morgan fingerprint density at radius 2 is 1.75 bits per heavy atom. The fraction of sp³-hybridized carbons (Fsp3) is 0.545. The highest BCUT2D eigenvalue weighted by molar-refractivity contribution is 5.90. The normalized spacial score (nSPS) is 11.8. The molecule has 1 atom stereocenters. The fourth-order valence-corrected chi connectivity index (χ4v) is 2.79. The zero-order valence-corrected chi connectivity index (χ0v) is 19.1. The number of nitrogens with one attached hydrogen (secondary N) is 2. The van der Waals surface area contributed by atoms with Gasteiger partial charge in [-0.2, -0.15) is 0 Å². The van der Waals surface area contributed by atoms with Crippen molar-refractivity contribution < 1.29 is 33.8 Å². The number of ether oxygens (including phenoxy) is 2. The van der Waals surface area contributed by atoms with Crippen LogP contribution in [0.1, 0.15) is 45.7 Å². The summed E-state index contributed by atoms with van der Waals surface area (Å²) in [4.78, 5) is 50.5. The summed E-state index contributed by atoms with van der Waals surface area (Å²) in [5, 5.41) is 14.5. The first kappa shape index (κ1) is 26.9. The second kappa shape index (κ2) is 13.3. The van der Waals surface area contributed by atoms with E-state index in [1.165, 1.54) is 4.90 Å². The second-order valence-electron chi connectivity index (χ2n) is 7.83. The topological polar surface area (TPSA) is 134 Å². The summed E-state index contributed by atoms with van der Waals surface area (Å²) in [6.45, 7) is 6.08. The third kappa shape index (κ3) is 9.78. The van der Waals surface area contributed by atoms with Crippen LogP contribution >= 0.6 is 0 Å². The van der Waals surface area contributed by atoms with Crippen molar-refractivity contribution in [3.63, 3.8) is 0 Å². The van der Waals surface area contributed by atoms with Crippen LogP contribution in [0, 0.1) is 0 Å². The van der Waals surface area contributed by atoms with Crippen LogP contribution in [0.2, 0.25) is 0 Å². The fourth-order valence-electron chi connectivity index (χ4n) is 2.79. The molecule has 3 amide bonds. The molecule has 3 N–H and O–H groups in total. The van der Waals surface area contributed by atoms with Crippen molar-refractivity contribution >= 4 is 23.9 Å². The molecule has 10 nitrogen and oxygen atoms in total. The van der Waals surface area contributed by atoms with E-state index in [4.69, 9.17) is 9.47 Å². The van der Waals surface area contributed by atoms with Gasteiger partial charge in [0.05, 0.1) is 19.6 Å². The lowest BCUT2D eigenvalue weighted by atomic mass is 10.0. The van der Waals surface area contributed by atoms with Gasteiger partial charge >= 0.3 is 12.1 Å². The lowest BCUT2D eigenvalue weighted by Gasteiger charge is -2.31. The van der Waals surface area contributed by atoms with Gasteiger partial charge in [0, 0.05) is 13.1 Å². The number of esters is 1. The number of aliphatic hydroxyl groups is 1. The zero-order chi connectivity index (χ0) is 24.1. The molecular formula is C22H33N3O7. The van der Waals surface area contributed by atoms with Crippen LogP contribution in [0.5, 0.6) is 0 Å². The average Bonchev–Trinajstić information content (AvgIpc) is 2.71. The van der Waals surface area contributed by atoms with Crippen molar-refractivity contribution in [2.24, 2.45) is 0 Å². The van der Waals surface area contributed by atoms with Gasteiger partial charge in [0.25, 0.3) is 0 Å². The van der Waals surface area contributed by atoms with Gasteiger partial charge in [-0.05, 0) is 33.3 Å². The quantitative estimate of drug-likeness (QED) is 0.430. The van der Waals surface area contributed by atoms with E-state index in [9.17, 15) is 24.3 Å². The summed E-state index contributed by atoms with van der Waals surface area (Å²) < 4.78 is 9.96. The van der Waals surface area contributed by atoms with Gasteiger partial charge in [0.1, 0.15) is 18.2 Å². The zero-order valence-electron chi connectivity index (χ0n) is 19.1. The van der Waals surface area contributed by atoms with Crippen molar-refractivity contribution in [1.29, 1.82) is 0 Å². The van der Waals surface area contributed by atoms with Gasteiger partial charge in [0.2, 0.25) is 11.8 Å². The number of aliphatic hydroxyl groups excluding tert-OH is 1. The van der Waals surface area contributed by atoms with Crippen LogP contribution in [-0.4, -0.2) is 72.3 Å². The first-order chi connectivity index (χ1) is 15.1.